The Hall–Kier alpha value is -3.92. The van der Waals surface area contributed by atoms with E-state index < -0.39 is 46.5 Å². The van der Waals surface area contributed by atoms with Gasteiger partial charge in [0, 0.05) is 16.7 Å². The molecule has 2 unspecified atom stereocenters. The zero-order valence-corrected chi connectivity index (χ0v) is 23.5. The van der Waals surface area contributed by atoms with Crippen molar-refractivity contribution in [2.45, 2.75) is 83.8 Å². The first-order chi connectivity index (χ1) is 17.9. The second-order valence-corrected chi connectivity index (χ2v) is 12.1. The van der Waals surface area contributed by atoms with Gasteiger partial charge in [0.05, 0.1) is 0 Å². The number of guanidine groups is 1. The maximum absolute atomic E-state index is 14.1. The third-order valence-corrected chi connectivity index (χ3v) is 6.40. The van der Waals surface area contributed by atoms with Crippen LogP contribution in [0.15, 0.2) is 42.5 Å². The van der Waals surface area contributed by atoms with Gasteiger partial charge in [0.25, 0.3) is 5.79 Å². The number of Topliss-reactive ketones (excluding diaryl/α,β-unsaturated/α-hetero) is 1. The Balaban J connectivity index is 1.86. The average molecular weight is 538 g/mol. The van der Waals surface area contributed by atoms with Gasteiger partial charge >= 0.3 is 12.2 Å². The molecule has 2 aromatic carbocycles. The van der Waals surface area contributed by atoms with E-state index in [0.717, 1.165) is 5.56 Å². The van der Waals surface area contributed by atoms with Crippen LogP contribution >= 0.6 is 0 Å². The summed E-state index contributed by atoms with van der Waals surface area (Å²) < 4.78 is 16.9. The Bertz CT molecular complexity index is 1340. The zero-order chi connectivity index (χ0) is 29.1. The van der Waals surface area contributed by atoms with Crippen molar-refractivity contribution in [2.75, 3.05) is 0 Å². The SMILES string of the molecule is CC(C)c1ccc2c(c1)OC1(O)c3ccccc3C(=O)C21NC(=N)N(C(=O)OC(C)(C)C)C(=O)OC(C)(C)C. The second-order valence-electron chi connectivity index (χ2n) is 12.1. The monoisotopic (exact) mass is 537 g/mol. The highest BCUT2D eigenvalue weighted by molar-refractivity contribution is 6.14. The number of aliphatic hydroxyl groups is 1. The van der Waals surface area contributed by atoms with Gasteiger partial charge in [-0.3, -0.25) is 10.2 Å². The van der Waals surface area contributed by atoms with Crippen molar-refractivity contribution in [1.29, 1.82) is 5.41 Å². The molecule has 0 saturated carbocycles. The lowest BCUT2D eigenvalue weighted by Crippen LogP contribution is -2.64. The Morgan fingerprint density at radius 3 is 2.08 bits per heavy atom. The molecule has 1 aliphatic carbocycles. The number of nitrogens with zero attached hydrogens (tertiary/aromatic N) is 1. The molecule has 1 aliphatic heterocycles. The quantitative estimate of drug-likeness (QED) is 0.354. The number of nitrogens with one attached hydrogen (secondary N) is 2. The maximum atomic E-state index is 14.1. The number of ketones is 1. The number of imide groups is 1. The predicted octanol–water partition coefficient (Wildman–Crippen LogP) is 5.14. The molecule has 0 bridgehead atoms. The largest absolute Gasteiger partial charge is 0.454 e. The molecule has 3 N–H and O–H groups in total. The molecule has 208 valence electrons. The highest BCUT2D eigenvalue weighted by Crippen LogP contribution is 2.58. The van der Waals surface area contributed by atoms with E-state index in [-0.39, 0.29) is 28.4 Å². The summed E-state index contributed by atoms with van der Waals surface area (Å²) in [6, 6.07) is 11.6. The fourth-order valence-electron chi connectivity index (χ4n) is 4.74. The van der Waals surface area contributed by atoms with Crippen molar-refractivity contribution in [2.24, 2.45) is 0 Å². The van der Waals surface area contributed by atoms with Gasteiger partial charge in [0.15, 0.2) is 0 Å². The van der Waals surface area contributed by atoms with E-state index in [1.165, 1.54) is 0 Å². The lowest BCUT2D eigenvalue weighted by atomic mass is 9.82. The third-order valence-electron chi connectivity index (χ3n) is 6.40. The average Bonchev–Trinajstić information content (AvgIpc) is 3.13. The molecule has 1 heterocycles. The van der Waals surface area contributed by atoms with Crippen molar-refractivity contribution < 1.29 is 33.7 Å². The second kappa shape index (κ2) is 9.08. The summed E-state index contributed by atoms with van der Waals surface area (Å²) in [5.74, 6) is -3.32. The molecule has 0 spiro atoms. The maximum Gasteiger partial charge on any atom is 0.427 e. The van der Waals surface area contributed by atoms with Crippen LogP contribution in [0.5, 0.6) is 5.75 Å². The van der Waals surface area contributed by atoms with E-state index in [1.807, 2.05) is 13.8 Å². The number of carbonyl (C=O) groups excluding carboxylic acids is 3. The van der Waals surface area contributed by atoms with Crippen molar-refractivity contribution in [1.82, 2.24) is 10.2 Å². The summed E-state index contributed by atoms with van der Waals surface area (Å²) in [4.78, 5) is 40.8. The molecular weight excluding hydrogens is 502 g/mol. The van der Waals surface area contributed by atoms with E-state index in [1.54, 1.807) is 84.0 Å². The number of hydrogen-bond donors (Lipinski definition) is 3. The van der Waals surface area contributed by atoms with E-state index in [9.17, 15) is 19.5 Å². The van der Waals surface area contributed by atoms with Crippen LogP contribution in [0, 0.1) is 5.41 Å². The van der Waals surface area contributed by atoms with Crippen LogP contribution in [0.2, 0.25) is 0 Å². The van der Waals surface area contributed by atoms with Crippen LogP contribution < -0.4 is 10.1 Å². The van der Waals surface area contributed by atoms with Crippen LogP contribution in [-0.4, -0.2) is 45.1 Å². The number of ether oxygens (including phenoxy) is 3. The Morgan fingerprint density at radius 2 is 1.54 bits per heavy atom. The molecule has 0 saturated heterocycles. The molecule has 10 heteroatoms. The molecule has 2 aliphatic rings. The molecule has 39 heavy (non-hydrogen) atoms. The minimum absolute atomic E-state index is 0.133. The predicted molar refractivity (Wildman–Crippen MR) is 143 cm³/mol. The van der Waals surface area contributed by atoms with Crippen LogP contribution in [0.4, 0.5) is 9.59 Å². The molecule has 0 aromatic heterocycles. The number of rotatable bonds is 2. The summed E-state index contributed by atoms with van der Waals surface area (Å²) in [5, 5.41) is 23.7. The minimum atomic E-state index is -2.28. The topological polar surface area (TPSA) is 138 Å². The number of carbonyl (C=O) groups is 3. The van der Waals surface area contributed by atoms with Gasteiger partial charge in [-0.1, -0.05) is 50.2 Å². The van der Waals surface area contributed by atoms with Crippen LogP contribution in [0.1, 0.15) is 88.4 Å². The molecule has 0 fully saturated rings. The molecule has 10 nitrogen and oxygen atoms in total. The van der Waals surface area contributed by atoms with Crippen LogP contribution in [-0.2, 0) is 20.8 Å². The van der Waals surface area contributed by atoms with E-state index >= 15 is 0 Å². The van der Waals surface area contributed by atoms with Crippen molar-refractivity contribution >= 4 is 23.9 Å². The van der Waals surface area contributed by atoms with Crippen molar-refractivity contribution in [3.63, 3.8) is 0 Å². The van der Waals surface area contributed by atoms with E-state index in [0.29, 0.717) is 4.90 Å². The molecule has 2 amide bonds. The Morgan fingerprint density at radius 1 is 0.974 bits per heavy atom. The lowest BCUT2D eigenvalue weighted by Gasteiger charge is -2.37. The summed E-state index contributed by atoms with van der Waals surface area (Å²) in [6.07, 6.45) is -2.38. The normalized spacial score (nSPS) is 21.4. The first kappa shape index (κ1) is 28.1. The first-order valence-corrected chi connectivity index (χ1v) is 12.7. The van der Waals surface area contributed by atoms with Gasteiger partial charge < -0.3 is 24.6 Å². The van der Waals surface area contributed by atoms with E-state index in [4.69, 9.17) is 19.6 Å². The van der Waals surface area contributed by atoms with Crippen LogP contribution in [0.3, 0.4) is 0 Å². The highest BCUT2D eigenvalue weighted by atomic mass is 16.6. The Labute approximate surface area is 227 Å². The molecule has 2 aromatic rings. The fraction of sp³-hybridized carbons (Fsp3) is 0.448. The summed E-state index contributed by atoms with van der Waals surface area (Å²) in [6.45, 7) is 13.6. The molecule has 2 atom stereocenters. The summed E-state index contributed by atoms with van der Waals surface area (Å²) in [7, 11) is 0. The number of hydrogen-bond acceptors (Lipinski definition) is 8. The minimum Gasteiger partial charge on any atom is -0.454 e. The van der Waals surface area contributed by atoms with Crippen molar-refractivity contribution in [3.8, 4) is 5.75 Å². The lowest BCUT2D eigenvalue weighted by molar-refractivity contribution is -0.168. The van der Waals surface area contributed by atoms with Gasteiger partial charge in [-0.15, -0.1) is 4.90 Å². The van der Waals surface area contributed by atoms with Gasteiger partial charge in [0.1, 0.15) is 17.0 Å². The Kier molecular flexibility index (Phi) is 6.54. The van der Waals surface area contributed by atoms with Gasteiger partial charge in [-0.2, -0.15) is 0 Å². The number of amides is 2. The molecular formula is C29H35N3O7. The van der Waals surface area contributed by atoms with Gasteiger partial charge in [-0.25, -0.2) is 9.59 Å². The smallest absolute Gasteiger partial charge is 0.427 e. The summed E-state index contributed by atoms with van der Waals surface area (Å²) in [5.41, 5.74) is -2.56. The van der Waals surface area contributed by atoms with Gasteiger partial charge in [0.2, 0.25) is 17.3 Å². The van der Waals surface area contributed by atoms with E-state index in [2.05, 4.69) is 5.32 Å². The fourth-order valence-corrected chi connectivity index (χ4v) is 4.74. The standard InChI is InChI=1S/C29H35N3O7/c1-16(2)17-13-14-20-21(15-17)37-29(36)19-12-10-9-11-18(19)22(33)28(20,29)31-23(30)32(24(34)38-26(3,4)5)25(35)39-27(6,7)8/h9-16,36H,1-8H3,(H2,30,31). The highest BCUT2D eigenvalue weighted by Gasteiger charge is 2.71. The summed E-state index contributed by atoms with van der Waals surface area (Å²) >= 11 is 0. The third kappa shape index (κ3) is 4.63. The number of fused-ring (bicyclic) bond motifs is 5. The molecule has 0 radical (unpaired) electrons. The van der Waals surface area contributed by atoms with Gasteiger partial charge in [-0.05, 0) is 59.1 Å². The van der Waals surface area contributed by atoms with Crippen LogP contribution in [0.25, 0.3) is 0 Å². The number of benzene rings is 2. The molecule has 4 rings (SSSR count). The first-order valence-electron chi connectivity index (χ1n) is 12.7. The zero-order valence-electron chi connectivity index (χ0n) is 23.5. The van der Waals surface area contributed by atoms with Crippen molar-refractivity contribution in [3.05, 3.63) is 64.7 Å².